The molecule has 0 radical (unpaired) electrons. The van der Waals surface area contributed by atoms with E-state index in [-0.39, 0.29) is 35.5 Å². The number of amides is 1. The quantitative estimate of drug-likeness (QED) is 0.262. The lowest BCUT2D eigenvalue weighted by Crippen LogP contribution is -2.43. The first-order valence-electron chi connectivity index (χ1n) is 13.1. The van der Waals surface area contributed by atoms with Crippen molar-refractivity contribution in [3.8, 4) is 28.5 Å². The van der Waals surface area contributed by atoms with Crippen LogP contribution in [0.2, 0.25) is 0 Å². The van der Waals surface area contributed by atoms with Crippen molar-refractivity contribution < 1.29 is 27.4 Å². The molecule has 0 spiro atoms. The number of nitrogens with zero attached hydrogens (tertiary/aromatic N) is 6. The van der Waals surface area contributed by atoms with Crippen molar-refractivity contribution in [1.29, 1.82) is 0 Å². The number of aromatic nitrogens is 5. The summed E-state index contributed by atoms with van der Waals surface area (Å²) in [6.07, 6.45) is 5.55. The smallest absolute Gasteiger partial charge is 0.416 e. The van der Waals surface area contributed by atoms with Gasteiger partial charge in [0.1, 0.15) is 29.1 Å². The van der Waals surface area contributed by atoms with Crippen LogP contribution in [-0.4, -0.2) is 37.2 Å². The number of rotatable bonds is 7. The fourth-order valence-corrected chi connectivity index (χ4v) is 5.16. The number of hydrogen-bond donors (Lipinski definition) is 0. The van der Waals surface area contributed by atoms with E-state index >= 15 is 4.39 Å². The summed E-state index contributed by atoms with van der Waals surface area (Å²) in [6, 6.07) is 6.67. The van der Waals surface area contributed by atoms with Crippen molar-refractivity contribution >= 4 is 11.9 Å². The highest BCUT2D eigenvalue weighted by atomic mass is 19.3. The van der Waals surface area contributed by atoms with E-state index in [1.54, 1.807) is 26.0 Å². The van der Waals surface area contributed by atoms with Crippen LogP contribution in [0.3, 0.4) is 0 Å². The molecule has 0 N–H and O–H groups in total. The SMILES string of the molecule is Cc1cc(-c2ccc(CN3C(=O)OC(C)(C)c4cnc(-c5c(OC(F)F)ncnc5C5CC5)nc43)cc2F)n(C)c1. The number of carbonyl (C=O) groups excluding carboxylic acids is 1. The molecule has 1 aliphatic carbocycles. The first kappa shape index (κ1) is 26.7. The molecular formula is C29H27F3N6O3. The Bertz CT molecular complexity index is 1670. The van der Waals surface area contributed by atoms with E-state index in [1.165, 1.54) is 23.5 Å². The van der Waals surface area contributed by atoms with Crippen molar-refractivity contribution in [1.82, 2.24) is 24.5 Å². The summed E-state index contributed by atoms with van der Waals surface area (Å²) in [5, 5.41) is 0. The van der Waals surface area contributed by atoms with Gasteiger partial charge in [-0.1, -0.05) is 6.07 Å². The van der Waals surface area contributed by atoms with E-state index in [0.29, 0.717) is 22.4 Å². The Kier molecular flexibility index (Phi) is 6.43. The number of fused-ring (bicyclic) bond motifs is 1. The minimum Gasteiger partial charge on any atom is -0.438 e. The summed E-state index contributed by atoms with van der Waals surface area (Å²) in [4.78, 5) is 31.8. The molecule has 1 fully saturated rings. The van der Waals surface area contributed by atoms with Gasteiger partial charge in [-0.15, -0.1) is 0 Å². The molecule has 41 heavy (non-hydrogen) atoms. The molecule has 0 unspecified atom stereocenters. The molecule has 0 bridgehead atoms. The molecule has 6 rings (SSSR count). The second-order valence-corrected chi connectivity index (χ2v) is 10.8. The van der Waals surface area contributed by atoms with Crippen LogP contribution < -0.4 is 9.64 Å². The summed E-state index contributed by atoms with van der Waals surface area (Å²) >= 11 is 0. The topological polar surface area (TPSA) is 95.3 Å². The van der Waals surface area contributed by atoms with Crippen LogP contribution in [0.5, 0.6) is 5.88 Å². The lowest BCUT2D eigenvalue weighted by molar-refractivity contribution is -0.0525. The number of cyclic esters (lactones) is 1. The molecule has 12 heteroatoms. The zero-order valence-corrected chi connectivity index (χ0v) is 22.9. The number of carbonyl (C=O) groups is 1. The number of alkyl halides is 2. The van der Waals surface area contributed by atoms with Crippen LogP contribution >= 0.6 is 0 Å². The summed E-state index contributed by atoms with van der Waals surface area (Å²) in [5.74, 6) is -0.484. The normalized spacial score (nSPS) is 16.1. The largest absolute Gasteiger partial charge is 0.438 e. The van der Waals surface area contributed by atoms with Crippen LogP contribution in [0.1, 0.15) is 55.0 Å². The Labute approximate surface area is 234 Å². The maximum Gasteiger partial charge on any atom is 0.416 e. The summed E-state index contributed by atoms with van der Waals surface area (Å²) < 4.78 is 54.1. The zero-order valence-electron chi connectivity index (χ0n) is 22.9. The molecule has 1 saturated carbocycles. The van der Waals surface area contributed by atoms with Crippen LogP contribution in [0.4, 0.5) is 23.8 Å². The molecule has 0 atom stereocenters. The second kappa shape index (κ2) is 9.86. The maximum absolute atomic E-state index is 15.3. The van der Waals surface area contributed by atoms with Crippen LogP contribution in [-0.2, 0) is 23.9 Å². The highest BCUT2D eigenvalue weighted by Gasteiger charge is 2.41. The zero-order chi connectivity index (χ0) is 29.1. The Hall–Kier alpha value is -4.48. The molecule has 212 valence electrons. The number of halogens is 3. The van der Waals surface area contributed by atoms with E-state index < -0.39 is 24.1 Å². The fourth-order valence-electron chi connectivity index (χ4n) is 5.16. The van der Waals surface area contributed by atoms with Gasteiger partial charge >= 0.3 is 12.7 Å². The van der Waals surface area contributed by atoms with Gasteiger partial charge in [-0.05, 0) is 62.9 Å². The van der Waals surface area contributed by atoms with Crippen molar-refractivity contribution in [2.45, 2.75) is 58.3 Å². The average molecular weight is 565 g/mol. The number of benzene rings is 1. The summed E-state index contributed by atoms with van der Waals surface area (Å²) in [6.45, 7) is 2.17. The molecule has 2 aliphatic rings. The Morgan fingerprint density at radius 3 is 2.61 bits per heavy atom. The van der Waals surface area contributed by atoms with Gasteiger partial charge in [-0.25, -0.2) is 29.1 Å². The van der Waals surface area contributed by atoms with Crippen molar-refractivity contribution in [2.75, 3.05) is 4.90 Å². The maximum atomic E-state index is 15.3. The minimum absolute atomic E-state index is 0.0398. The monoisotopic (exact) mass is 564 g/mol. The van der Waals surface area contributed by atoms with Crippen LogP contribution in [0.15, 0.2) is 43.0 Å². The molecule has 1 aliphatic heterocycles. The Morgan fingerprint density at radius 2 is 1.95 bits per heavy atom. The molecule has 0 saturated heterocycles. The van der Waals surface area contributed by atoms with Crippen molar-refractivity contribution in [2.24, 2.45) is 7.05 Å². The number of anilines is 1. The third-order valence-corrected chi connectivity index (χ3v) is 7.26. The van der Waals surface area contributed by atoms with Gasteiger partial charge < -0.3 is 14.0 Å². The van der Waals surface area contributed by atoms with Gasteiger partial charge in [0.25, 0.3) is 0 Å². The predicted molar refractivity (Wildman–Crippen MR) is 143 cm³/mol. The van der Waals surface area contributed by atoms with E-state index in [9.17, 15) is 13.6 Å². The van der Waals surface area contributed by atoms with Gasteiger partial charge in [-0.2, -0.15) is 8.78 Å². The number of ether oxygens (including phenoxy) is 2. The lowest BCUT2D eigenvalue weighted by atomic mass is 9.97. The van der Waals surface area contributed by atoms with Crippen LogP contribution in [0, 0.1) is 12.7 Å². The standard InChI is InChI=1S/C29H27F3N6O3/c1-15-9-21(37(4)12-15)18-8-5-16(10-20(18)30)13-38-25-19(29(2,3)41-28(38)39)11-33-24(36-25)22-23(17-6-7-17)34-14-35-26(22)40-27(31)32/h5,8-12,14,17,27H,6-7,13H2,1-4H3. The molecule has 3 aromatic heterocycles. The lowest BCUT2D eigenvalue weighted by Gasteiger charge is -2.37. The van der Waals surface area contributed by atoms with E-state index in [0.717, 1.165) is 24.1 Å². The van der Waals surface area contributed by atoms with E-state index in [4.69, 9.17) is 9.47 Å². The highest BCUT2D eigenvalue weighted by molar-refractivity contribution is 5.90. The first-order valence-corrected chi connectivity index (χ1v) is 13.1. The summed E-state index contributed by atoms with van der Waals surface area (Å²) in [5.41, 5.74) is 2.76. The van der Waals surface area contributed by atoms with Gasteiger partial charge in [0, 0.05) is 30.9 Å². The van der Waals surface area contributed by atoms with Crippen LogP contribution in [0.25, 0.3) is 22.6 Å². The molecule has 1 aromatic carbocycles. The fraction of sp³-hybridized carbons (Fsp3) is 0.345. The van der Waals surface area contributed by atoms with E-state index in [2.05, 4.69) is 19.9 Å². The third-order valence-electron chi connectivity index (χ3n) is 7.26. The minimum atomic E-state index is -3.11. The van der Waals surface area contributed by atoms with Gasteiger partial charge in [0.15, 0.2) is 5.82 Å². The highest BCUT2D eigenvalue weighted by Crippen LogP contribution is 2.46. The molecule has 9 nitrogen and oxygen atoms in total. The van der Waals surface area contributed by atoms with Gasteiger partial charge in [0.05, 0.1) is 23.5 Å². The van der Waals surface area contributed by atoms with Gasteiger partial charge in [-0.3, -0.25) is 4.90 Å². The first-order chi connectivity index (χ1) is 19.5. The van der Waals surface area contributed by atoms with Crippen molar-refractivity contribution in [3.05, 3.63) is 71.2 Å². The molecular weight excluding hydrogens is 537 g/mol. The van der Waals surface area contributed by atoms with Crippen molar-refractivity contribution in [3.63, 3.8) is 0 Å². The second-order valence-electron chi connectivity index (χ2n) is 10.8. The Morgan fingerprint density at radius 1 is 1.17 bits per heavy atom. The molecule has 1 amide bonds. The number of aryl methyl sites for hydroxylation is 2. The summed E-state index contributed by atoms with van der Waals surface area (Å²) in [7, 11) is 1.85. The Balaban J connectivity index is 1.41. The van der Waals surface area contributed by atoms with E-state index in [1.807, 2.05) is 30.8 Å². The third kappa shape index (κ3) is 4.98. The molecule has 4 aromatic rings. The average Bonchev–Trinajstić information content (AvgIpc) is 3.69. The van der Waals surface area contributed by atoms with Gasteiger partial charge in [0.2, 0.25) is 5.88 Å². The predicted octanol–water partition coefficient (Wildman–Crippen LogP) is 6.26. The molecule has 4 heterocycles. The number of hydrogen-bond acceptors (Lipinski definition) is 7.